The first-order chi connectivity index (χ1) is 30.5. The first-order valence-electron chi connectivity index (χ1n) is 22.2. The topological polar surface area (TPSA) is 246 Å². The van der Waals surface area contributed by atoms with E-state index in [9.17, 15) is 44.1 Å². The summed E-state index contributed by atoms with van der Waals surface area (Å²) in [5, 5.41) is 33.1. The highest BCUT2D eigenvalue weighted by atomic mass is 16.7. The molecule has 3 N–H and O–H groups in total. The summed E-state index contributed by atoms with van der Waals surface area (Å²) >= 11 is 0. The molecular weight excluding hydrogens is 852 g/mol. The van der Waals surface area contributed by atoms with Crippen LogP contribution in [0.15, 0.2) is 48.1 Å². The van der Waals surface area contributed by atoms with Crippen molar-refractivity contribution in [2.45, 2.75) is 186 Å². The number of hydrogen-bond acceptors (Lipinski definition) is 17. The number of aliphatic hydroxyl groups excluding tert-OH is 1. The molecule has 3 fully saturated rings. The minimum atomic E-state index is -2.46. The lowest BCUT2D eigenvalue weighted by atomic mass is 9.70. The van der Waals surface area contributed by atoms with Crippen molar-refractivity contribution in [3.63, 3.8) is 0 Å². The Kier molecular flexibility index (Phi) is 18.7. The van der Waals surface area contributed by atoms with Gasteiger partial charge in [-0.25, -0.2) is 9.59 Å². The molecule has 4 heterocycles. The number of hydrogen-bond donors (Lipinski definition) is 3. The Morgan fingerprint density at radius 2 is 1.65 bits per heavy atom. The van der Waals surface area contributed by atoms with Crippen molar-refractivity contribution in [3.8, 4) is 0 Å². The number of carbonyl (C=O) groups is 6. The normalized spacial score (nSPS) is 34.7. The minimum absolute atomic E-state index is 0.0367. The predicted octanol–water partition coefficient (Wildman–Crippen LogP) is 4.86. The van der Waals surface area contributed by atoms with E-state index in [1.165, 1.54) is 34.1 Å². The summed E-state index contributed by atoms with van der Waals surface area (Å²) in [5.74, 6) is -8.64. The van der Waals surface area contributed by atoms with Gasteiger partial charge in [-0.3, -0.25) is 19.2 Å². The third-order valence-electron chi connectivity index (χ3n) is 12.6. The molecule has 0 spiro atoms. The molecule has 65 heavy (non-hydrogen) atoms. The average Bonchev–Trinajstić information content (AvgIpc) is 3.21. The second kappa shape index (κ2) is 22.8. The zero-order valence-corrected chi connectivity index (χ0v) is 39.0. The third kappa shape index (κ3) is 13.8. The maximum Gasteiger partial charge on any atom is 0.331 e. The van der Waals surface area contributed by atoms with Gasteiger partial charge in [0.1, 0.15) is 18.3 Å². The van der Waals surface area contributed by atoms with Crippen LogP contribution in [0.1, 0.15) is 119 Å². The number of methoxy groups -OCH3 is 2. The van der Waals surface area contributed by atoms with Crippen LogP contribution in [0, 0.1) is 10.8 Å². The molecule has 18 heteroatoms. The van der Waals surface area contributed by atoms with Crippen LogP contribution in [-0.2, 0) is 71.4 Å². The smallest absolute Gasteiger partial charge is 0.331 e. The molecular formula is C47H68O18. The number of carbonyl (C=O) groups excluding carboxylic acids is 5. The molecule has 0 saturated carbocycles. The molecule has 11 atom stereocenters. The van der Waals surface area contributed by atoms with E-state index in [2.05, 4.69) is 0 Å². The van der Waals surface area contributed by atoms with Crippen molar-refractivity contribution >= 4 is 35.8 Å². The number of carboxylic acids is 1. The van der Waals surface area contributed by atoms with E-state index < -0.39 is 120 Å². The first kappa shape index (κ1) is 53.2. The van der Waals surface area contributed by atoms with Gasteiger partial charge in [0.05, 0.1) is 55.9 Å². The average molecular weight is 921 g/mol. The number of cyclic esters (lactones) is 1. The minimum Gasteiger partial charge on any atom is -0.481 e. The Morgan fingerprint density at radius 3 is 2.28 bits per heavy atom. The van der Waals surface area contributed by atoms with Gasteiger partial charge < -0.3 is 58.0 Å². The number of esters is 5. The van der Waals surface area contributed by atoms with Crippen LogP contribution in [-0.4, -0.2) is 132 Å². The Balaban J connectivity index is 1.89. The SMILES string of the molecule is C/C=C/C=C/C(=O)O[C@H]1/C(=C/C(=O)OC)C[C@H]2C[C@H]([C@@H](C)O)OC(=O)CCC[C@@H]3C[C@H](OC(C)=O)C(C)(C)[C@](OC)(C[C@@H]4C[C@H](OC(=O)CCC(=O)O)C[C@H](/C=C/C(C)(C)[C@]1(O)O2)O4)O3. The van der Waals surface area contributed by atoms with Crippen LogP contribution in [0.4, 0.5) is 0 Å². The van der Waals surface area contributed by atoms with Crippen molar-refractivity contribution in [1.82, 2.24) is 0 Å². The fourth-order valence-corrected chi connectivity index (χ4v) is 8.91. The molecule has 0 radical (unpaired) electrons. The number of allylic oxidation sites excluding steroid dienone is 3. The van der Waals surface area contributed by atoms with Crippen molar-refractivity contribution in [1.29, 1.82) is 0 Å². The van der Waals surface area contributed by atoms with E-state index in [1.807, 2.05) is 13.8 Å². The summed E-state index contributed by atoms with van der Waals surface area (Å²) in [7, 11) is 2.63. The fraction of sp³-hybridized carbons (Fsp3) is 0.702. The van der Waals surface area contributed by atoms with Crippen molar-refractivity contribution in [2.75, 3.05) is 14.2 Å². The van der Waals surface area contributed by atoms with Crippen LogP contribution in [0.5, 0.6) is 0 Å². The van der Waals surface area contributed by atoms with Gasteiger partial charge in [0.2, 0.25) is 5.79 Å². The fourth-order valence-electron chi connectivity index (χ4n) is 8.91. The van der Waals surface area contributed by atoms with E-state index in [0.717, 1.165) is 12.2 Å². The van der Waals surface area contributed by atoms with Gasteiger partial charge in [0.25, 0.3) is 0 Å². The van der Waals surface area contributed by atoms with E-state index >= 15 is 0 Å². The summed E-state index contributed by atoms with van der Waals surface area (Å²) in [6.07, 6.45) is 1.54. The van der Waals surface area contributed by atoms with Gasteiger partial charge in [-0.15, -0.1) is 0 Å². The summed E-state index contributed by atoms with van der Waals surface area (Å²) < 4.78 is 54.7. The van der Waals surface area contributed by atoms with Crippen molar-refractivity contribution < 1.29 is 86.7 Å². The zero-order valence-electron chi connectivity index (χ0n) is 39.0. The molecule has 0 aliphatic carbocycles. The molecule has 364 valence electrons. The molecule has 0 unspecified atom stereocenters. The molecule has 4 rings (SSSR count). The summed E-state index contributed by atoms with van der Waals surface area (Å²) in [6, 6.07) is 0. The van der Waals surface area contributed by atoms with Crippen LogP contribution in [0.3, 0.4) is 0 Å². The maximum atomic E-state index is 13.5. The number of aliphatic hydroxyl groups is 2. The molecule has 18 nitrogen and oxygen atoms in total. The molecule has 0 aromatic heterocycles. The lowest BCUT2D eigenvalue weighted by Crippen LogP contribution is -2.63. The highest BCUT2D eigenvalue weighted by Gasteiger charge is 2.60. The van der Waals surface area contributed by atoms with Crippen LogP contribution >= 0.6 is 0 Å². The van der Waals surface area contributed by atoms with Crippen LogP contribution in [0.25, 0.3) is 0 Å². The van der Waals surface area contributed by atoms with E-state index in [4.69, 9.17) is 42.6 Å². The first-order valence-corrected chi connectivity index (χ1v) is 22.2. The van der Waals surface area contributed by atoms with Crippen LogP contribution < -0.4 is 0 Å². The van der Waals surface area contributed by atoms with Gasteiger partial charge in [-0.2, -0.15) is 0 Å². The van der Waals surface area contributed by atoms with Gasteiger partial charge in [0, 0.05) is 70.1 Å². The van der Waals surface area contributed by atoms with Gasteiger partial charge in [0.15, 0.2) is 11.9 Å². The molecule has 3 saturated heterocycles. The van der Waals surface area contributed by atoms with Crippen molar-refractivity contribution in [3.05, 3.63) is 48.1 Å². The number of fused-ring (bicyclic) bond motifs is 6. The second-order valence-electron chi connectivity index (χ2n) is 18.3. The Bertz CT molecular complexity index is 1830. The number of aliphatic carboxylic acids is 1. The summed E-state index contributed by atoms with van der Waals surface area (Å²) in [6.45, 7) is 11.4. The molecule has 6 bridgehead atoms. The highest BCUT2D eigenvalue weighted by molar-refractivity contribution is 5.84. The highest BCUT2D eigenvalue weighted by Crippen LogP contribution is 2.51. The standard InChI is InChI=1S/C47H68O18/c1-10-11-12-15-40(53)63-43-30(22-42(55)57-8)21-34-25-36(28(2)48)62-39(52)16-13-14-32-26-37(59-29(3)49)45(6,7)46(58-9,64-32)27-35-24-33(61-41(54)18-17-38(50)51)23-31(60-35)19-20-44(4,5)47(43,56)65-34/h10-12,15,19-20,22,28,31-37,43,48,56H,13-14,16-18,21,23-27H2,1-9H3,(H,50,51)/b11-10+,15-12+,20-19+,30-22+/t28-,31+,32-,33-,34+,35+,36-,37+,43+,46+,47-/m1/s1. The zero-order chi connectivity index (χ0) is 48.3. The lowest BCUT2D eigenvalue weighted by Gasteiger charge is -2.55. The second-order valence-corrected chi connectivity index (χ2v) is 18.3. The number of carboxylic acid groups (broad SMARTS) is 1. The third-order valence-corrected chi connectivity index (χ3v) is 12.6. The quantitative estimate of drug-likeness (QED) is 0.0823. The lowest BCUT2D eigenvalue weighted by molar-refractivity contribution is -0.358. The van der Waals surface area contributed by atoms with E-state index in [-0.39, 0.29) is 63.4 Å². The van der Waals surface area contributed by atoms with Gasteiger partial charge in [-0.05, 0) is 38.7 Å². The monoisotopic (exact) mass is 920 g/mol. The Hall–Kier alpha value is -4.46. The van der Waals surface area contributed by atoms with Crippen molar-refractivity contribution in [2.24, 2.45) is 10.8 Å². The predicted molar refractivity (Wildman–Crippen MR) is 229 cm³/mol. The Labute approximate surface area is 380 Å². The molecule has 0 aromatic carbocycles. The molecule has 0 aromatic rings. The number of ether oxygens (including phenoxy) is 9. The number of rotatable bonds is 11. The molecule has 4 aliphatic rings. The van der Waals surface area contributed by atoms with E-state index in [0.29, 0.717) is 6.42 Å². The largest absolute Gasteiger partial charge is 0.481 e. The maximum absolute atomic E-state index is 13.5. The Morgan fingerprint density at radius 1 is 0.923 bits per heavy atom. The summed E-state index contributed by atoms with van der Waals surface area (Å²) in [4.78, 5) is 76.4. The molecule has 0 amide bonds. The summed E-state index contributed by atoms with van der Waals surface area (Å²) in [5.41, 5.74) is -2.39. The van der Waals surface area contributed by atoms with Gasteiger partial charge >= 0.3 is 35.8 Å². The van der Waals surface area contributed by atoms with E-state index in [1.54, 1.807) is 45.1 Å². The van der Waals surface area contributed by atoms with Gasteiger partial charge in [-0.1, -0.05) is 58.1 Å². The van der Waals surface area contributed by atoms with Crippen LogP contribution in [0.2, 0.25) is 0 Å². The molecule has 4 aliphatic heterocycles.